The molecular weight excluding hydrogens is 258 g/mol. The van der Waals surface area contributed by atoms with Crippen molar-refractivity contribution in [2.45, 2.75) is 31.8 Å². The first-order valence-corrected chi connectivity index (χ1v) is 7.60. The molecule has 3 nitrogen and oxygen atoms in total. The van der Waals surface area contributed by atoms with E-state index in [9.17, 15) is 0 Å². The second kappa shape index (κ2) is 5.70. The summed E-state index contributed by atoms with van der Waals surface area (Å²) < 4.78 is 0. The van der Waals surface area contributed by atoms with Crippen LogP contribution < -0.4 is 5.73 Å². The van der Waals surface area contributed by atoms with Crippen molar-refractivity contribution in [2.75, 3.05) is 31.9 Å². The van der Waals surface area contributed by atoms with Crippen LogP contribution >= 0.6 is 11.6 Å². The van der Waals surface area contributed by atoms with Gasteiger partial charge in [-0.25, -0.2) is 0 Å². The SMILES string of the molecule is Nc1cc(Cl)ccc1CN1CCC(N2CCCC2)C1. The van der Waals surface area contributed by atoms with E-state index in [4.69, 9.17) is 17.3 Å². The molecule has 2 heterocycles. The molecule has 2 aliphatic heterocycles. The van der Waals surface area contributed by atoms with Crippen molar-refractivity contribution < 1.29 is 0 Å². The first-order chi connectivity index (χ1) is 9.22. The first kappa shape index (κ1) is 13.2. The van der Waals surface area contributed by atoms with Gasteiger partial charge in [-0.15, -0.1) is 0 Å². The summed E-state index contributed by atoms with van der Waals surface area (Å²) in [5.74, 6) is 0. The fraction of sp³-hybridized carbons (Fsp3) is 0.600. The quantitative estimate of drug-likeness (QED) is 0.864. The van der Waals surface area contributed by atoms with Gasteiger partial charge < -0.3 is 5.73 Å². The maximum atomic E-state index is 6.03. The molecule has 104 valence electrons. The van der Waals surface area contributed by atoms with Gasteiger partial charge in [0.1, 0.15) is 0 Å². The van der Waals surface area contributed by atoms with E-state index in [1.165, 1.54) is 51.0 Å². The average molecular weight is 280 g/mol. The van der Waals surface area contributed by atoms with Gasteiger partial charge >= 0.3 is 0 Å². The minimum absolute atomic E-state index is 0.720. The number of halogens is 1. The Hall–Kier alpha value is -0.770. The second-order valence-electron chi connectivity index (χ2n) is 5.76. The zero-order valence-electron chi connectivity index (χ0n) is 11.3. The molecule has 0 amide bonds. The molecular formula is C15H22ClN3. The average Bonchev–Trinajstić information content (AvgIpc) is 3.03. The molecule has 0 aliphatic carbocycles. The number of nitrogens with zero attached hydrogens (tertiary/aromatic N) is 2. The van der Waals surface area contributed by atoms with E-state index < -0.39 is 0 Å². The van der Waals surface area contributed by atoms with Crippen molar-refractivity contribution in [1.82, 2.24) is 9.80 Å². The minimum atomic E-state index is 0.720. The van der Waals surface area contributed by atoms with E-state index in [0.717, 1.165) is 23.3 Å². The largest absolute Gasteiger partial charge is 0.398 e. The highest BCUT2D eigenvalue weighted by Gasteiger charge is 2.29. The van der Waals surface area contributed by atoms with Crippen LogP contribution in [0, 0.1) is 0 Å². The summed E-state index contributed by atoms with van der Waals surface area (Å²) in [5.41, 5.74) is 8.05. The van der Waals surface area contributed by atoms with Crippen LogP contribution in [0.2, 0.25) is 5.02 Å². The highest BCUT2D eigenvalue weighted by molar-refractivity contribution is 6.30. The smallest absolute Gasteiger partial charge is 0.0426 e. The lowest BCUT2D eigenvalue weighted by molar-refractivity contribution is 0.230. The van der Waals surface area contributed by atoms with Gasteiger partial charge in [0.25, 0.3) is 0 Å². The summed E-state index contributed by atoms with van der Waals surface area (Å²) in [4.78, 5) is 5.17. The molecule has 0 radical (unpaired) electrons. The van der Waals surface area contributed by atoms with Crippen LogP contribution in [0.25, 0.3) is 0 Å². The third-order valence-corrected chi connectivity index (χ3v) is 4.64. The molecule has 1 aromatic rings. The normalized spacial score (nSPS) is 25.2. The Bertz CT molecular complexity index is 443. The van der Waals surface area contributed by atoms with E-state index in [0.29, 0.717) is 0 Å². The Labute approximate surface area is 120 Å². The van der Waals surface area contributed by atoms with E-state index in [1.807, 2.05) is 12.1 Å². The van der Waals surface area contributed by atoms with Gasteiger partial charge in [0.2, 0.25) is 0 Å². The standard InChI is InChI=1S/C15H22ClN3/c16-13-4-3-12(15(17)9-13)10-18-8-5-14(11-18)19-6-1-2-7-19/h3-4,9,14H,1-2,5-8,10-11,17H2. The third kappa shape index (κ3) is 3.04. The van der Waals surface area contributed by atoms with E-state index in [-0.39, 0.29) is 0 Å². The Balaban J connectivity index is 1.59. The predicted octanol–water partition coefficient (Wildman–Crippen LogP) is 2.59. The summed E-state index contributed by atoms with van der Waals surface area (Å²) in [6.07, 6.45) is 4.05. The summed E-state index contributed by atoms with van der Waals surface area (Å²) in [5, 5.41) is 0.720. The van der Waals surface area contributed by atoms with Gasteiger partial charge in [-0.3, -0.25) is 9.80 Å². The number of hydrogen-bond acceptors (Lipinski definition) is 3. The lowest BCUT2D eigenvalue weighted by Crippen LogP contribution is -2.35. The van der Waals surface area contributed by atoms with Crippen molar-refractivity contribution in [2.24, 2.45) is 0 Å². The third-order valence-electron chi connectivity index (χ3n) is 4.41. The molecule has 2 saturated heterocycles. The molecule has 1 unspecified atom stereocenters. The maximum absolute atomic E-state index is 6.03. The molecule has 19 heavy (non-hydrogen) atoms. The highest BCUT2D eigenvalue weighted by atomic mass is 35.5. The summed E-state index contributed by atoms with van der Waals surface area (Å²) in [6, 6.07) is 6.60. The molecule has 0 saturated carbocycles. The Kier molecular flexibility index (Phi) is 3.96. The highest BCUT2D eigenvalue weighted by Crippen LogP contribution is 2.24. The number of rotatable bonds is 3. The molecule has 1 atom stereocenters. The second-order valence-corrected chi connectivity index (χ2v) is 6.20. The summed E-state index contributed by atoms with van der Waals surface area (Å²) >= 11 is 5.94. The van der Waals surface area contributed by atoms with Crippen LogP contribution in [-0.2, 0) is 6.54 Å². The molecule has 2 fully saturated rings. The van der Waals surface area contributed by atoms with Gasteiger partial charge in [0, 0.05) is 36.4 Å². The number of hydrogen-bond donors (Lipinski definition) is 1. The lowest BCUT2D eigenvalue weighted by atomic mass is 10.1. The summed E-state index contributed by atoms with van der Waals surface area (Å²) in [7, 11) is 0. The number of nitrogens with two attached hydrogens (primary N) is 1. The van der Waals surface area contributed by atoms with Crippen molar-refractivity contribution in [3.05, 3.63) is 28.8 Å². The van der Waals surface area contributed by atoms with Crippen LogP contribution in [-0.4, -0.2) is 42.0 Å². The van der Waals surface area contributed by atoms with Gasteiger partial charge in [-0.2, -0.15) is 0 Å². The lowest BCUT2D eigenvalue weighted by Gasteiger charge is -2.24. The molecule has 0 bridgehead atoms. The monoisotopic (exact) mass is 279 g/mol. The van der Waals surface area contributed by atoms with E-state index in [2.05, 4.69) is 15.9 Å². The van der Waals surface area contributed by atoms with Crippen LogP contribution in [0.3, 0.4) is 0 Å². The maximum Gasteiger partial charge on any atom is 0.0426 e. The Morgan fingerprint density at radius 1 is 1.21 bits per heavy atom. The van der Waals surface area contributed by atoms with E-state index in [1.54, 1.807) is 0 Å². The van der Waals surface area contributed by atoms with Gasteiger partial charge in [-0.05, 0) is 50.0 Å². The molecule has 0 spiro atoms. The predicted molar refractivity (Wildman–Crippen MR) is 80.4 cm³/mol. The van der Waals surface area contributed by atoms with Crippen LogP contribution in [0.5, 0.6) is 0 Å². The van der Waals surface area contributed by atoms with Gasteiger partial charge in [-0.1, -0.05) is 17.7 Å². The zero-order valence-corrected chi connectivity index (χ0v) is 12.1. The summed E-state index contributed by atoms with van der Waals surface area (Å²) in [6.45, 7) is 5.90. The van der Waals surface area contributed by atoms with Crippen molar-refractivity contribution in [3.8, 4) is 0 Å². The van der Waals surface area contributed by atoms with Gasteiger partial charge in [0.05, 0.1) is 0 Å². The molecule has 2 aliphatic rings. The molecule has 4 heteroatoms. The van der Waals surface area contributed by atoms with Crippen LogP contribution in [0.1, 0.15) is 24.8 Å². The molecule has 0 aromatic heterocycles. The fourth-order valence-corrected chi connectivity index (χ4v) is 3.49. The molecule has 1 aromatic carbocycles. The van der Waals surface area contributed by atoms with Crippen molar-refractivity contribution >= 4 is 17.3 Å². The van der Waals surface area contributed by atoms with E-state index >= 15 is 0 Å². The molecule has 3 rings (SSSR count). The minimum Gasteiger partial charge on any atom is -0.398 e. The first-order valence-electron chi connectivity index (χ1n) is 7.23. The van der Waals surface area contributed by atoms with Crippen LogP contribution in [0.15, 0.2) is 18.2 Å². The number of anilines is 1. The van der Waals surface area contributed by atoms with Crippen LogP contribution in [0.4, 0.5) is 5.69 Å². The zero-order chi connectivity index (χ0) is 13.2. The van der Waals surface area contributed by atoms with Crippen molar-refractivity contribution in [1.29, 1.82) is 0 Å². The Morgan fingerprint density at radius 2 is 2.00 bits per heavy atom. The number of benzene rings is 1. The number of nitrogen functional groups attached to an aromatic ring is 1. The van der Waals surface area contributed by atoms with Crippen molar-refractivity contribution in [3.63, 3.8) is 0 Å². The number of likely N-dealkylation sites (tertiary alicyclic amines) is 2. The topological polar surface area (TPSA) is 32.5 Å². The molecule has 2 N–H and O–H groups in total. The Morgan fingerprint density at radius 3 is 2.74 bits per heavy atom. The van der Waals surface area contributed by atoms with Gasteiger partial charge in [0.15, 0.2) is 0 Å². The fourth-order valence-electron chi connectivity index (χ4n) is 3.31.